The number of hydrogen-bond donors (Lipinski definition) is 0. The molecule has 1 aromatic heterocycles. The van der Waals surface area contributed by atoms with Crippen LogP contribution >= 0.6 is 0 Å². The smallest absolute Gasteiger partial charge is 0.297 e. The van der Waals surface area contributed by atoms with Gasteiger partial charge in [-0.15, -0.1) is 0 Å². The molecule has 4 aliphatic carbocycles. The third-order valence-electron chi connectivity index (χ3n) is 17.3. The zero-order valence-electron chi connectivity index (χ0n) is 46.2. The molecule has 0 unspecified atom stereocenters. The lowest BCUT2D eigenvalue weighted by Gasteiger charge is -2.52. The van der Waals surface area contributed by atoms with Gasteiger partial charge < -0.3 is 14.2 Å². The molecule has 0 radical (unpaired) electrons. The number of benzene rings is 6. The van der Waals surface area contributed by atoms with Crippen LogP contribution in [0.4, 0.5) is 34.1 Å². The Labute approximate surface area is 401 Å². The van der Waals surface area contributed by atoms with Gasteiger partial charge in [-0.3, -0.25) is 0 Å². The van der Waals surface area contributed by atoms with Crippen LogP contribution in [-0.2, 0) is 32.5 Å². The van der Waals surface area contributed by atoms with Crippen LogP contribution in [0.25, 0.3) is 22.1 Å². The fourth-order valence-electron chi connectivity index (χ4n) is 12.8. The first-order valence-corrected chi connectivity index (χ1v) is 24.6. The predicted octanol–water partition coefficient (Wildman–Crippen LogP) is 15.2. The maximum absolute atomic E-state index is 9.44. The summed E-state index contributed by atoms with van der Waals surface area (Å²) in [6.07, 6.45) is 6.83. The van der Waals surface area contributed by atoms with Crippen molar-refractivity contribution in [2.24, 2.45) is 0 Å². The summed E-state index contributed by atoms with van der Waals surface area (Å²) in [6, 6.07) is 30.5. The van der Waals surface area contributed by atoms with Gasteiger partial charge in [-0.2, -0.15) is 0 Å². The van der Waals surface area contributed by atoms with Gasteiger partial charge in [0, 0.05) is 33.8 Å². The second-order valence-electron chi connectivity index (χ2n) is 24.7. The summed E-state index contributed by atoms with van der Waals surface area (Å²) in [5.41, 5.74) is 18.5. The quantitative estimate of drug-likeness (QED) is 0.165. The van der Waals surface area contributed by atoms with Crippen LogP contribution in [0.5, 0.6) is 0 Å². The van der Waals surface area contributed by atoms with Gasteiger partial charge in [0.1, 0.15) is 5.58 Å². The highest BCUT2D eigenvalue weighted by Crippen LogP contribution is 2.59. The molecule has 1 fully saturated rings. The van der Waals surface area contributed by atoms with E-state index < -0.39 is 6.04 Å². The Morgan fingerprint density at radius 2 is 1.11 bits per heavy atom. The highest BCUT2D eigenvalue weighted by molar-refractivity contribution is 7.00. The van der Waals surface area contributed by atoms with Gasteiger partial charge in [0.25, 0.3) is 6.71 Å². The van der Waals surface area contributed by atoms with E-state index in [9.17, 15) is 2.74 Å². The van der Waals surface area contributed by atoms with E-state index in [1.165, 1.54) is 46.2 Å². The summed E-state index contributed by atoms with van der Waals surface area (Å²) in [5.74, 6) is 0. The standard InChI is InChI=1S/C62H67BN2O/c1-57(2,3)40-18-21-42(22-19-40)64-50-25-20-41(58(4,5)6)34-49(50)63-54-51(64)32-39(38-16-14-13-15-17-38)33-52(54)65(43-23-24-45-46(35-43)60(9,10)27-26-59(45,7)8)55-44-36-47-48(37-53(44)66-56(55)63)62(12)30-28-61(47,11)29-31-62/h13-25,32-37H,26-31H2,1-12H3/i13D,14D,15D,16D,17D. The molecule has 3 heterocycles. The minimum absolute atomic E-state index is 0.00535. The molecule has 0 saturated heterocycles. The first kappa shape index (κ1) is 36.6. The highest BCUT2D eigenvalue weighted by Gasteiger charge is 2.51. The van der Waals surface area contributed by atoms with Crippen molar-refractivity contribution < 1.29 is 11.3 Å². The van der Waals surface area contributed by atoms with E-state index in [2.05, 4.69) is 178 Å². The van der Waals surface area contributed by atoms with Crippen molar-refractivity contribution in [3.05, 3.63) is 149 Å². The van der Waals surface area contributed by atoms with Gasteiger partial charge in [0.2, 0.25) is 0 Å². The van der Waals surface area contributed by atoms with E-state index in [4.69, 9.17) is 8.53 Å². The first-order valence-electron chi connectivity index (χ1n) is 27.1. The monoisotopic (exact) mass is 872 g/mol. The summed E-state index contributed by atoms with van der Waals surface area (Å²) < 4.78 is 53.0. The minimum Gasteiger partial charge on any atom is -0.468 e. The van der Waals surface area contributed by atoms with Crippen LogP contribution in [-0.4, -0.2) is 6.71 Å². The number of anilines is 6. The summed E-state index contributed by atoms with van der Waals surface area (Å²) in [4.78, 5) is 4.79. The number of fused-ring (bicyclic) bond motifs is 9. The van der Waals surface area contributed by atoms with Gasteiger partial charge in [-0.1, -0.05) is 144 Å². The van der Waals surface area contributed by atoms with Gasteiger partial charge >= 0.3 is 0 Å². The predicted molar refractivity (Wildman–Crippen MR) is 282 cm³/mol. The number of nitrogens with zero attached hydrogens (tertiary/aromatic N) is 2. The Balaban J connectivity index is 1.25. The minimum atomic E-state index is -0.400. The van der Waals surface area contributed by atoms with E-state index in [-0.39, 0.29) is 68.9 Å². The molecule has 0 N–H and O–H groups in total. The molecular formula is C62H67BN2O. The normalized spacial score (nSPS) is 23.2. The maximum atomic E-state index is 9.44. The lowest BCUT2D eigenvalue weighted by Crippen LogP contribution is -2.61. The second kappa shape index (κ2) is 13.6. The molecule has 6 aromatic carbocycles. The molecule has 2 bridgehead atoms. The molecule has 0 spiro atoms. The van der Waals surface area contributed by atoms with Crippen molar-refractivity contribution in [2.45, 2.75) is 154 Å². The first-order chi connectivity index (χ1) is 33.2. The molecule has 334 valence electrons. The van der Waals surface area contributed by atoms with Crippen molar-refractivity contribution >= 4 is 68.4 Å². The van der Waals surface area contributed by atoms with Crippen LogP contribution in [0.1, 0.15) is 162 Å². The van der Waals surface area contributed by atoms with Crippen molar-refractivity contribution in [1.82, 2.24) is 0 Å². The second-order valence-corrected chi connectivity index (χ2v) is 24.7. The fraction of sp³-hybridized carbons (Fsp3) is 0.387. The molecule has 6 aliphatic rings. The molecule has 0 atom stereocenters. The van der Waals surface area contributed by atoms with Crippen LogP contribution in [0.2, 0.25) is 0 Å². The number of rotatable bonds is 3. The van der Waals surface area contributed by atoms with Crippen LogP contribution in [0.3, 0.4) is 0 Å². The molecule has 13 rings (SSSR count). The zero-order valence-corrected chi connectivity index (χ0v) is 41.2. The summed E-state index contributed by atoms with van der Waals surface area (Å²) in [5, 5.41) is 1.09. The third-order valence-corrected chi connectivity index (χ3v) is 17.3. The number of furan rings is 1. The average molecular weight is 872 g/mol. The van der Waals surface area contributed by atoms with Crippen LogP contribution in [0.15, 0.2) is 120 Å². The molecule has 0 amide bonds. The average Bonchev–Trinajstić information content (AvgIpc) is 3.69. The van der Waals surface area contributed by atoms with E-state index in [0.29, 0.717) is 5.56 Å². The van der Waals surface area contributed by atoms with Gasteiger partial charge in [-0.05, 0) is 181 Å². The van der Waals surface area contributed by atoms with Crippen molar-refractivity contribution in [1.29, 1.82) is 0 Å². The Morgan fingerprint density at radius 1 is 0.530 bits per heavy atom. The van der Waals surface area contributed by atoms with Gasteiger partial charge in [-0.25, -0.2) is 0 Å². The molecule has 3 nitrogen and oxygen atoms in total. The molecule has 66 heavy (non-hydrogen) atoms. The highest BCUT2D eigenvalue weighted by atomic mass is 16.3. The van der Waals surface area contributed by atoms with Crippen molar-refractivity contribution in [3.63, 3.8) is 0 Å². The van der Waals surface area contributed by atoms with Crippen LogP contribution in [0, 0.1) is 0 Å². The molecule has 2 aliphatic heterocycles. The fourth-order valence-corrected chi connectivity index (χ4v) is 12.8. The topological polar surface area (TPSA) is 19.6 Å². The molecule has 4 heteroatoms. The maximum Gasteiger partial charge on any atom is 0.297 e. The van der Waals surface area contributed by atoms with Gasteiger partial charge in [0.15, 0.2) is 0 Å². The summed E-state index contributed by atoms with van der Waals surface area (Å²) in [7, 11) is 0. The third kappa shape index (κ3) is 6.01. The van der Waals surface area contributed by atoms with Crippen LogP contribution < -0.4 is 26.4 Å². The lowest BCUT2D eigenvalue weighted by molar-refractivity contribution is 0.188. The number of hydrogen-bond acceptors (Lipinski definition) is 3. The summed E-state index contributed by atoms with van der Waals surface area (Å²) >= 11 is 0. The molecule has 1 saturated carbocycles. The van der Waals surface area contributed by atoms with Gasteiger partial charge in [0.05, 0.1) is 18.2 Å². The largest absolute Gasteiger partial charge is 0.468 e. The Bertz CT molecular complexity index is 3420. The SMILES string of the molecule is [2H]c1c([2H])c([2H])c(-c2cc3c4c(c2)N(c2ccc5c(c2)C(C)(C)CCC5(C)C)c2c(oc5cc6c(cc25)C2(C)CCC6(C)CC2)B4c2cc(C(C)(C)C)ccc2N3c2ccc(C(C)(C)C)cc2)c([2H])c1[2H]. The Morgan fingerprint density at radius 3 is 1.74 bits per heavy atom. The van der Waals surface area contributed by atoms with E-state index in [0.717, 1.165) is 87.4 Å². The van der Waals surface area contributed by atoms with E-state index >= 15 is 0 Å². The Kier molecular flexibility index (Phi) is 7.54. The molecule has 7 aromatic rings. The molecular weight excluding hydrogens is 800 g/mol. The Hall–Kier alpha value is -5.48. The zero-order chi connectivity index (χ0) is 50.4. The lowest BCUT2D eigenvalue weighted by atomic mass is 9.35. The van der Waals surface area contributed by atoms with E-state index in [1.54, 1.807) is 0 Å². The summed E-state index contributed by atoms with van der Waals surface area (Å²) in [6.45, 7) is 27.6. The van der Waals surface area contributed by atoms with E-state index in [1.807, 2.05) is 0 Å². The van der Waals surface area contributed by atoms with Crippen molar-refractivity contribution in [3.8, 4) is 11.1 Å². The van der Waals surface area contributed by atoms with Crippen molar-refractivity contribution in [2.75, 3.05) is 9.80 Å².